The summed E-state index contributed by atoms with van der Waals surface area (Å²) in [5, 5.41) is 15.8. The summed E-state index contributed by atoms with van der Waals surface area (Å²) < 4.78 is 5.42. The molecule has 0 aromatic heterocycles. The van der Waals surface area contributed by atoms with Gasteiger partial charge in [0.2, 0.25) is 0 Å². The Morgan fingerprint density at radius 2 is 1.93 bits per heavy atom. The zero-order valence-corrected chi connectivity index (χ0v) is 16.4. The largest absolute Gasteiger partial charge is 0.482 e. The Morgan fingerprint density at radius 1 is 1.21 bits per heavy atom. The molecule has 28 heavy (non-hydrogen) atoms. The van der Waals surface area contributed by atoms with Crippen LogP contribution in [0.25, 0.3) is 5.70 Å². The Kier molecular flexibility index (Phi) is 5.96. The minimum Gasteiger partial charge on any atom is -0.482 e. The predicted molar refractivity (Wildman–Crippen MR) is 110 cm³/mol. The molecule has 0 radical (unpaired) electrons. The van der Waals surface area contributed by atoms with Crippen LogP contribution < -0.4 is 15.4 Å². The molecule has 8 heteroatoms. The van der Waals surface area contributed by atoms with Gasteiger partial charge in [-0.05, 0) is 42.9 Å². The van der Waals surface area contributed by atoms with E-state index in [9.17, 15) is 9.59 Å². The third-order valence-electron chi connectivity index (χ3n) is 4.15. The SMILES string of the molecule is CC(=O)C1=C(c2ccccc2)NC(=S)N[C@H]1c1cc(Cl)ccc1OCC(=O)O. The summed E-state index contributed by atoms with van der Waals surface area (Å²) >= 11 is 11.5. The molecule has 6 nitrogen and oxygen atoms in total. The number of carboxylic acid groups (broad SMARTS) is 1. The standard InChI is InChI=1S/C20H17ClN2O4S/c1-11(24)17-18(12-5-3-2-4-6-12)22-20(28)23-19(17)14-9-13(21)7-8-15(14)27-10-16(25)26/h2-9,19H,10H2,1H3,(H,25,26)(H2,22,23,28)/t19-/m0/s1. The number of hydrogen-bond donors (Lipinski definition) is 3. The van der Waals surface area contributed by atoms with Crippen LogP contribution >= 0.6 is 23.8 Å². The van der Waals surface area contributed by atoms with E-state index in [1.165, 1.54) is 6.92 Å². The Balaban J connectivity index is 2.17. The maximum absolute atomic E-state index is 12.6. The van der Waals surface area contributed by atoms with E-state index in [1.54, 1.807) is 18.2 Å². The minimum absolute atomic E-state index is 0.171. The number of hydrogen-bond acceptors (Lipinski definition) is 4. The monoisotopic (exact) mass is 416 g/mol. The lowest BCUT2D eigenvalue weighted by molar-refractivity contribution is -0.139. The first-order valence-corrected chi connectivity index (χ1v) is 9.17. The van der Waals surface area contributed by atoms with Crippen LogP contribution in [0.2, 0.25) is 5.02 Å². The Labute approximate surface area is 172 Å². The van der Waals surface area contributed by atoms with Crippen molar-refractivity contribution in [2.75, 3.05) is 6.61 Å². The van der Waals surface area contributed by atoms with Crippen LogP contribution in [0.15, 0.2) is 54.1 Å². The summed E-state index contributed by atoms with van der Waals surface area (Å²) in [4.78, 5) is 23.5. The van der Waals surface area contributed by atoms with Crippen LogP contribution in [0, 0.1) is 0 Å². The maximum Gasteiger partial charge on any atom is 0.341 e. The van der Waals surface area contributed by atoms with Gasteiger partial charge in [-0.15, -0.1) is 0 Å². The Bertz CT molecular complexity index is 975. The second-order valence-corrected chi connectivity index (χ2v) is 6.95. The molecule has 144 valence electrons. The third kappa shape index (κ3) is 4.32. The van der Waals surface area contributed by atoms with E-state index < -0.39 is 18.6 Å². The molecule has 0 fully saturated rings. The summed E-state index contributed by atoms with van der Waals surface area (Å²) in [5.74, 6) is -0.974. The number of benzene rings is 2. The summed E-state index contributed by atoms with van der Waals surface area (Å²) in [6.07, 6.45) is 0. The summed E-state index contributed by atoms with van der Waals surface area (Å²) in [7, 11) is 0. The first-order chi connectivity index (χ1) is 13.4. The maximum atomic E-state index is 12.6. The Morgan fingerprint density at radius 3 is 2.57 bits per heavy atom. The molecule has 3 rings (SSSR count). The Hall–Kier alpha value is -2.90. The van der Waals surface area contributed by atoms with Crippen LogP contribution in [0.3, 0.4) is 0 Å². The lowest BCUT2D eigenvalue weighted by Crippen LogP contribution is -2.44. The van der Waals surface area contributed by atoms with Gasteiger partial charge < -0.3 is 20.5 Å². The first-order valence-electron chi connectivity index (χ1n) is 8.39. The third-order valence-corrected chi connectivity index (χ3v) is 4.60. The van der Waals surface area contributed by atoms with Gasteiger partial charge in [0.1, 0.15) is 5.75 Å². The molecule has 1 atom stereocenters. The summed E-state index contributed by atoms with van der Waals surface area (Å²) in [5.41, 5.74) is 2.36. The molecular formula is C20H17ClN2O4S. The number of ether oxygens (including phenoxy) is 1. The molecule has 0 spiro atoms. The van der Waals surface area contributed by atoms with Gasteiger partial charge in [0, 0.05) is 16.2 Å². The fourth-order valence-electron chi connectivity index (χ4n) is 3.03. The number of Topliss-reactive ketones (excluding diaryl/α,β-unsaturated/α-hetero) is 1. The second-order valence-electron chi connectivity index (χ2n) is 6.11. The van der Waals surface area contributed by atoms with Gasteiger partial charge in [-0.3, -0.25) is 4.79 Å². The van der Waals surface area contributed by atoms with E-state index in [0.29, 0.717) is 32.7 Å². The van der Waals surface area contributed by atoms with Crippen LogP contribution in [0.4, 0.5) is 0 Å². The quantitative estimate of drug-likeness (QED) is 0.622. The molecule has 2 aromatic carbocycles. The molecule has 0 aliphatic carbocycles. The van der Waals surface area contributed by atoms with Crippen molar-refractivity contribution < 1.29 is 19.4 Å². The van der Waals surface area contributed by atoms with E-state index in [0.717, 1.165) is 5.56 Å². The van der Waals surface area contributed by atoms with E-state index in [1.807, 2.05) is 30.3 Å². The average Bonchev–Trinajstić information content (AvgIpc) is 2.66. The molecule has 3 N–H and O–H groups in total. The molecule has 1 aliphatic rings. The van der Waals surface area contributed by atoms with Crippen molar-refractivity contribution in [3.8, 4) is 5.75 Å². The lowest BCUT2D eigenvalue weighted by atomic mass is 9.90. The topological polar surface area (TPSA) is 87.7 Å². The number of carbonyl (C=O) groups excluding carboxylic acids is 1. The number of nitrogens with one attached hydrogen (secondary N) is 2. The van der Waals surface area contributed by atoms with Crippen LogP contribution in [0.5, 0.6) is 5.75 Å². The normalized spacial score (nSPS) is 16.2. The smallest absolute Gasteiger partial charge is 0.341 e. The highest BCUT2D eigenvalue weighted by atomic mass is 35.5. The highest BCUT2D eigenvalue weighted by Crippen LogP contribution is 2.37. The zero-order valence-electron chi connectivity index (χ0n) is 14.9. The molecular weight excluding hydrogens is 400 g/mol. The average molecular weight is 417 g/mol. The van der Waals surface area contributed by atoms with Crippen LogP contribution in [0.1, 0.15) is 24.1 Å². The number of aliphatic carboxylic acids is 1. The molecule has 1 heterocycles. The van der Waals surface area contributed by atoms with Crippen LogP contribution in [-0.4, -0.2) is 28.6 Å². The molecule has 0 unspecified atom stereocenters. The summed E-state index contributed by atoms with van der Waals surface area (Å²) in [6.45, 7) is 0.944. The predicted octanol–water partition coefficient (Wildman–Crippen LogP) is 3.32. The molecule has 0 amide bonds. The molecule has 0 saturated carbocycles. The van der Waals surface area contributed by atoms with E-state index in [-0.39, 0.29) is 5.78 Å². The molecule has 0 saturated heterocycles. The van der Waals surface area contributed by atoms with Gasteiger partial charge in [-0.2, -0.15) is 0 Å². The zero-order chi connectivity index (χ0) is 20.3. The van der Waals surface area contributed by atoms with Crippen molar-refractivity contribution >= 4 is 46.4 Å². The van der Waals surface area contributed by atoms with Crippen molar-refractivity contribution in [2.45, 2.75) is 13.0 Å². The molecule has 2 aromatic rings. The van der Waals surface area contributed by atoms with Crippen molar-refractivity contribution in [3.63, 3.8) is 0 Å². The second kappa shape index (κ2) is 8.41. The number of thiocarbonyl (C=S) groups is 1. The van der Waals surface area contributed by atoms with E-state index in [2.05, 4.69) is 10.6 Å². The number of rotatable bonds is 6. The van der Waals surface area contributed by atoms with Crippen LogP contribution in [-0.2, 0) is 9.59 Å². The van der Waals surface area contributed by atoms with Gasteiger partial charge in [-0.1, -0.05) is 41.9 Å². The van der Waals surface area contributed by atoms with Crippen molar-refractivity contribution in [3.05, 3.63) is 70.3 Å². The lowest BCUT2D eigenvalue weighted by Gasteiger charge is -2.32. The minimum atomic E-state index is -1.11. The fraction of sp³-hybridized carbons (Fsp3) is 0.150. The van der Waals surface area contributed by atoms with E-state index >= 15 is 0 Å². The highest BCUT2D eigenvalue weighted by molar-refractivity contribution is 7.80. The van der Waals surface area contributed by atoms with Gasteiger partial charge in [0.15, 0.2) is 17.5 Å². The number of carboxylic acids is 1. The number of ketones is 1. The van der Waals surface area contributed by atoms with Crippen molar-refractivity contribution in [1.82, 2.24) is 10.6 Å². The van der Waals surface area contributed by atoms with Crippen molar-refractivity contribution in [2.24, 2.45) is 0 Å². The molecule has 1 aliphatic heterocycles. The van der Waals surface area contributed by atoms with Gasteiger partial charge in [0.25, 0.3) is 0 Å². The summed E-state index contributed by atoms with van der Waals surface area (Å²) in [6, 6.07) is 13.5. The number of carbonyl (C=O) groups is 2. The van der Waals surface area contributed by atoms with Gasteiger partial charge >= 0.3 is 5.97 Å². The fourth-order valence-corrected chi connectivity index (χ4v) is 3.43. The van der Waals surface area contributed by atoms with Gasteiger partial charge in [-0.25, -0.2) is 4.79 Å². The first kappa shape index (κ1) is 19.9. The highest BCUT2D eigenvalue weighted by Gasteiger charge is 2.32. The van der Waals surface area contributed by atoms with E-state index in [4.69, 9.17) is 33.7 Å². The number of halogens is 1. The van der Waals surface area contributed by atoms with Gasteiger partial charge in [0.05, 0.1) is 11.7 Å². The molecule has 0 bridgehead atoms. The van der Waals surface area contributed by atoms with Crippen molar-refractivity contribution in [1.29, 1.82) is 0 Å².